The normalized spacial score (nSPS) is 13.0. The highest BCUT2D eigenvalue weighted by molar-refractivity contribution is 6.20. The maximum atomic E-state index is 14.3. The van der Waals surface area contributed by atoms with Crippen LogP contribution in [0.15, 0.2) is 170 Å². The van der Waals surface area contributed by atoms with Crippen molar-refractivity contribution >= 4 is 66.4 Å². The van der Waals surface area contributed by atoms with E-state index in [2.05, 4.69) is 173 Å². The zero-order valence-corrected chi connectivity index (χ0v) is 35.5. The summed E-state index contributed by atoms with van der Waals surface area (Å²) in [5.41, 5.74) is 13.3. The Morgan fingerprint density at radius 3 is 1.34 bits per heavy atom. The van der Waals surface area contributed by atoms with Gasteiger partial charge < -0.3 is 9.80 Å². The van der Waals surface area contributed by atoms with Crippen molar-refractivity contribution in [3.05, 3.63) is 204 Å². The van der Waals surface area contributed by atoms with Gasteiger partial charge in [0.25, 0.3) is 0 Å². The second-order valence-electron chi connectivity index (χ2n) is 17.7. The number of fused-ring (bicyclic) bond motifs is 10. The molecule has 0 aliphatic heterocycles. The second kappa shape index (κ2) is 14.7. The molecule has 9 aromatic rings. The maximum Gasteiger partial charge on any atom is 0.123 e. The molecule has 0 amide bonds. The summed E-state index contributed by atoms with van der Waals surface area (Å²) in [5, 5.41) is 7.21. The van der Waals surface area contributed by atoms with Crippen LogP contribution in [0, 0.1) is 11.6 Å². The van der Waals surface area contributed by atoms with E-state index in [-0.39, 0.29) is 17.0 Å². The van der Waals surface area contributed by atoms with E-state index in [1.165, 1.54) is 84.6 Å². The lowest BCUT2D eigenvalue weighted by Gasteiger charge is -2.28. The summed E-state index contributed by atoms with van der Waals surface area (Å²) in [5.74, 6) is 0.319. The molecule has 1 aliphatic rings. The van der Waals surface area contributed by atoms with Crippen LogP contribution in [0.1, 0.15) is 75.6 Å². The zero-order chi connectivity index (χ0) is 42.2. The Morgan fingerprint density at radius 2 is 0.836 bits per heavy atom. The molecule has 0 bridgehead atoms. The van der Waals surface area contributed by atoms with E-state index in [0.717, 1.165) is 39.5 Å². The standard InChI is InChI=1S/C57H48F2N2/c1-35(2)37-11-20-42(21-12-37)60(44-24-16-40(58)17-25-44)46-28-31-48-39(33-46)15-30-52-54-50-10-8-7-9-49(50)53-34-47(29-32-51(53)56(54)57(5,6)55(48)52)61(45-26-18-41(59)19-27-45)43-22-13-38(14-23-43)36(3)4/h7-36H,1-6H3. The van der Waals surface area contributed by atoms with Gasteiger partial charge in [-0.15, -0.1) is 0 Å². The number of hydrogen-bond donors (Lipinski definition) is 0. The molecule has 9 aromatic carbocycles. The predicted octanol–water partition coefficient (Wildman–Crippen LogP) is 16.9. The molecule has 4 heteroatoms. The number of benzene rings is 9. The molecule has 2 nitrogen and oxygen atoms in total. The van der Waals surface area contributed by atoms with E-state index in [4.69, 9.17) is 0 Å². The largest absolute Gasteiger partial charge is 0.310 e. The van der Waals surface area contributed by atoms with Crippen molar-refractivity contribution in [1.29, 1.82) is 0 Å². The molecule has 0 saturated heterocycles. The smallest absolute Gasteiger partial charge is 0.123 e. The minimum absolute atomic E-state index is 0.257. The van der Waals surface area contributed by atoms with Crippen LogP contribution in [0.2, 0.25) is 0 Å². The maximum absolute atomic E-state index is 14.3. The number of rotatable bonds is 8. The van der Waals surface area contributed by atoms with Crippen LogP contribution in [-0.4, -0.2) is 0 Å². The second-order valence-corrected chi connectivity index (χ2v) is 17.7. The SMILES string of the molecule is CC(C)c1ccc(N(c2ccc(F)cc2)c2ccc3c4c(ccc3c2)-c2c(c3ccc(N(c5ccc(F)cc5)c5ccc(C(C)C)cc5)cc3c3ccccc23)C4(C)C)cc1. The van der Waals surface area contributed by atoms with E-state index in [9.17, 15) is 8.78 Å². The highest BCUT2D eigenvalue weighted by Crippen LogP contribution is 2.57. The minimum Gasteiger partial charge on any atom is -0.310 e. The Labute approximate surface area is 357 Å². The molecule has 0 fully saturated rings. The highest BCUT2D eigenvalue weighted by atomic mass is 19.1. The van der Waals surface area contributed by atoms with Gasteiger partial charge in [-0.05, 0) is 175 Å². The van der Waals surface area contributed by atoms with Crippen molar-refractivity contribution in [3.8, 4) is 11.1 Å². The van der Waals surface area contributed by atoms with Gasteiger partial charge in [-0.1, -0.05) is 114 Å². The van der Waals surface area contributed by atoms with Gasteiger partial charge in [0.2, 0.25) is 0 Å². The summed E-state index contributed by atoms with van der Waals surface area (Å²) in [4.78, 5) is 4.44. The zero-order valence-electron chi connectivity index (χ0n) is 35.5. The Morgan fingerprint density at radius 1 is 0.393 bits per heavy atom. The average molecular weight is 799 g/mol. The van der Waals surface area contributed by atoms with Gasteiger partial charge in [-0.3, -0.25) is 0 Å². The summed E-state index contributed by atoms with van der Waals surface area (Å²) in [6.07, 6.45) is 0. The van der Waals surface area contributed by atoms with Crippen molar-refractivity contribution in [2.45, 2.75) is 58.8 Å². The lowest BCUT2D eigenvalue weighted by atomic mass is 9.77. The van der Waals surface area contributed by atoms with Gasteiger partial charge >= 0.3 is 0 Å². The number of halogens is 2. The average Bonchev–Trinajstić information content (AvgIpc) is 3.52. The van der Waals surface area contributed by atoms with Crippen LogP contribution in [0.4, 0.5) is 42.9 Å². The summed E-state index contributed by atoms with van der Waals surface area (Å²) in [6.45, 7) is 13.6. The molecule has 10 rings (SSSR count). The van der Waals surface area contributed by atoms with Crippen molar-refractivity contribution in [3.63, 3.8) is 0 Å². The first-order valence-corrected chi connectivity index (χ1v) is 21.4. The first kappa shape index (κ1) is 38.4. The summed E-state index contributed by atoms with van der Waals surface area (Å²) < 4.78 is 28.5. The number of hydrogen-bond acceptors (Lipinski definition) is 2. The van der Waals surface area contributed by atoms with Gasteiger partial charge in [-0.25, -0.2) is 8.78 Å². The molecular formula is C57H48F2N2. The fraction of sp³-hybridized carbons (Fsp3) is 0.158. The van der Waals surface area contributed by atoms with E-state index >= 15 is 0 Å². The van der Waals surface area contributed by atoms with E-state index in [1.54, 1.807) is 0 Å². The van der Waals surface area contributed by atoms with Gasteiger partial charge in [0.15, 0.2) is 0 Å². The van der Waals surface area contributed by atoms with Crippen LogP contribution in [-0.2, 0) is 5.41 Å². The molecule has 0 atom stereocenters. The molecule has 61 heavy (non-hydrogen) atoms. The first-order chi connectivity index (χ1) is 29.5. The molecule has 0 spiro atoms. The van der Waals surface area contributed by atoms with Gasteiger partial charge in [0, 0.05) is 39.5 Å². The Kier molecular flexibility index (Phi) is 9.29. The Bertz CT molecular complexity index is 3110. The topological polar surface area (TPSA) is 6.48 Å². The first-order valence-electron chi connectivity index (χ1n) is 21.4. The Hall–Kier alpha value is -6.78. The molecule has 0 unspecified atom stereocenters. The molecular weight excluding hydrogens is 751 g/mol. The number of anilines is 6. The fourth-order valence-corrected chi connectivity index (χ4v) is 9.80. The molecule has 300 valence electrons. The molecule has 0 N–H and O–H groups in total. The highest BCUT2D eigenvalue weighted by Gasteiger charge is 2.40. The summed E-state index contributed by atoms with van der Waals surface area (Å²) in [7, 11) is 0. The molecule has 0 saturated carbocycles. The van der Waals surface area contributed by atoms with E-state index < -0.39 is 0 Å². The van der Waals surface area contributed by atoms with Crippen LogP contribution in [0.5, 0.6) is 0 Å². The van der Waals surface area contributed by atoms with Crippen LogP contribution < -0.4 is 9.80 Å². The number of nitrogens with zero attached hydrogens (tertiary/aromatic N) is 2. The summed E-state index contributed by atoms with van der Waals surface area (Å²) >= 11 is 0. The van der Waals surface area contributed by atoms with Gasteiger partial charge in [0.1, 0.15) is 11.6 Å². The van der Waals surface area contributed by atoms with Gasteiger partial charge in [0.05, 0.1) is 0 Å². The molecule has 1 aliphatic carbocycles. The lowest BCUT2D eigenvalue weighted by Crippen LogP contribution is -2.16. The minimum atomic E-state index is -0.331. The third-order valence-corrected chi connectivity index (χ3v) is 12.9. The Balaban J connectivity index is 1.13. The molecule has 0 heterocycles. The lowest BCUT2D eigenvalue weighted by molar-refractivity contribution is 0.627. The predicted molar refractivity (Wildman–Crippen MR) is 254 cm³/mol. The third-order valence-electron chi connectivity index (χ3n) is 12.9. The quantitative estimate of drug-likeness (QED) is 0.141. The van der Waals surface area contributed by atoms with Crippen LogP contribution in [0.25, 0.3) is 43.4 Å². The molecule has 0 radical (unpaired) electrons. The van der Waals surface area contributed by atoms with Crippen LogP contribution >= 0.6 is 0 Å². The van der Waals surface area contributed by atoms with Crippen LogP contribution in [0.3, 0.4) is 0 Å². The van der Waals surface area contributed by atoms with Crippen molar-refractivity contribution in [1.82, 2.24) is 0 Å². The summed E-state index contributed by atoms with van der Waals surface area (Å²) in [6, 6.07) is 57.9. The van der Waals surface area contributed by atoms with Crippen molar-refractivity contribution < 1.29 is 8.78 Å². The van der Waals surface area contributed by atoms with E-state index in [1.807, 2.05) is 24.3 Å². The van der Waals surface area contributed by atoms with E-state index in [0.29, 0.717) is 11.8 Å². The third kappa shape index (κ3) is 6.44. The van der Waals surface area contributed by atoms with Crippen molar-refractivity contribution in [2.75, 3.05) is 9.80 Å². The fourth-order valence-electron chi connectivity index (χ4n) is 9.80. The van der Waals surface area contributed by atoms with Crippen molar-refractivity contribution in [2.24, 2.45) is 0 Å². The van der Waals surface area contributed by atoms with Gasteiger partial charge in [-0.2, -0.15) is 0 Å². The molecule has 0 aromatic heterocycles. The monoisotopic (exact) mass is 798 g/mol.